The van der Waals surface area contributed by atoms with E-state index in [-0.39, 0.29) is 5.02 Å². The Hall–Kier alpha value is -2.71. The van der Waals surface area contributed by atoms with Gasteiger partial charge in [0, 0.05) is 69.6 Å². The van der Waals surface area contributed by atoms with Crippen LogP contribution in [0.15, 0.2) is 55.2 Å². The molecule has 1 aromatic rings. The second-order valence-corrected chi connectivity index (χ2v) is 10.1. The van der Waals surface area contributed by atoms with Crippen LogP contribution in [0, 0.1) is 5.82 Å². The van der Waals surface area contributed by atoms with Crippen molar-refractivity contribution in [2.45, 2.75) is 58.9 Å². The fourth-order valence-corrected chi connectivity index (χ4v) is 5.26. The van der Waals surface area contributed by atoms with Crippen molar-refractivity contribution in [3.8, 4) is 0 Å². The summed E-state index contributed by atoms with van der Waals surface area (Å²) >= 11 is 12.3. The van der Waals surface area contributed by atoms with E-state index in [4.69, 9.17) is 33.2 Å². The van der Waals surface area contributed by atoms with Gasteiger partial charge in [0.05, 0.1) is 10.7 Å². The third-order valence-electron chi connectivity index (χ3n) is 6.96. The van der Waals surface area contributed by atoms with Gasteiger partial charge in [0.1, 0.15) is 11.7 Å². The summed E-state index contributed by atoms with van der Waals surface area (Å²) in [7, 11) is 0. The predicted molar refractivity (Wildman–Crippen MR) is 158 cm³/mol. The normalized spacial score (nSPS) is 22.2. The van der Waals surface area contributed by atoms with E-state index in [2.05, 4.69) is 31.6 Å². The van der Waals surface area contributed by atoms with Gasteiger partial charge in [-0.3, -0.25) is 0 Å². The Kier molecular flexibility index (Phi) is 9.97. The molecule has 0 bridgehead atoms. The third kappa shape index (κ3) is 6.64. The molecular formula is C28H36Cl2FN7. The number of nitrogens with zero attached hydrogens (tertiary/aromatic N) is 7. The van der Waals surface area contributed by atoms with Gasteiger partial charge in [-0.1, -0.05) is 49.2 Å². The lowest BCUT2D eigenvalue weighted by atomic mass is 10.0. The van der Waals surface area contributed by atoms with Crippen molar-refractivity contribution >= 4 is 53.1 Å². The van der Waals surface area contributed by atoms with Crippen molar-refractivity contribution in [2.75, 3.05) is 32.7 Å². The lowest BCUT2D eigenvalue weighted by molar-refractivity contribution is 0.217. The molecule has 5 rings (SSSR count). The van der Waals surface area contributed by atoms with Crippen molar-refractivity contribution in [3.05, 3.63) is 51.7 Å². The molecule has 2 fully saturated rings. The van der Waals surface area contributed by atoms with Crippen LogP contribution in [0.1, 0.15) is 58.4 Å². The number of amidine groups is 1. The Morgan fingerprint density at radius 1 is 0.921 bits per heavy atom. The quantitative estimate of drug-likeness (QED) is 0.393. The molecule has 204 valence electrons. The Morgan fingerprint density at radius 3 is 2.39 bits per heavy atom. The zero-order valence-corrected chi connectivity index (χ0v) is 23.9. The number of piperidine rings is 1. The summed E-state index contributed by atoms with van der Waals surface area (Å²) in [6.45, 7) is 10.2. The third-order valence-corrected chi connectivity index (χ3v) is 7.53. The van der Waals surface area contributed by atoms with E-state index in [9.17, 15) is 4.39 Å². The van der Waals surface area contributed by atoms with Crippen LogP contribution in [-0.2, 0) is 0 Å². The van der Waals surface area contributed by atoms with Gasteiger partial charge in [-0.2, -0.15) is 4.99 Å². The molecule has 7 nitrogen and oxygen atoms in total. The molecule has 2 saturated heterocycles. The second-order valence-electron chi connectivity index (χ2n) is 9.35. The molecule has 0 radical (unpaired) electrons. The van der Waals surface area contributed by atoms with Gasteiger partial charge in [0.15, 0.2) is 11.0 Å². The van der Waals surface area contributed by atoms with E-state index in [1.165, 1.54) is 12.5 Å². The van der Waals surface area contributed by atoms with Crippen LogP contribution in [-0.4, -0.2) is 77.7 Å². The molecule has 0 aliphatic carbocycles. The van der Waals surface area contributed by atoms with Gasteiger partial charge in [0.2, 0.25) is 5.96 Å². The summed E-state index contributed by atoms with van der Waals surface area (Å²) in [4.78, 5) is 25.6. The summed E-state index contributed by atoms with van der Waals surface area (Å²) in [5.41, 5.74) is 1.42. The zero-order valence-electron chi connectivity index (χ0n) is 22.4. The van der Waals surface area contributed by atoms with Crippen LogP contribution >= 0.6 is 23.2 Å². The minimum atomic E-state index is -0.446. The molecule has 1 unspecified atom stereocenters. The number of benzene rings is 1. The minimum Gasteiger partial charge on any atom is -0.356 e. The highest BCUT2D eigenvalue weighted by molar-refractivity contribution is 6.30. The molecule has 10 heteroatoms. The van der Waals surface area contributed by atoms with Crippen LogP contribution in [0.4, 0.5) is 4.39 Å². The molecule has 1 aromatic carbocycles. The maximum atomic E-state index is 14.3. The zero-order chi connectivity index (χ0) is 27.1. The number of piperazine rings is 1. The second kappa shape index (κ2) is 13.4. The van der Waals surface area contributed by atoms with Crippen LogP contribution in [0.2, 0.25) is 5.02 Å². The molecule has 0 amide bonds. The highest BCUT2D eigenvalue weighted by Crippen LogP contribution is 2.27. The molecular weight excluding hydrogens is 524 g/mol. The Morgan fingerprint density at radius 2 is 1.66 bits per heavy atom. The highest BCUT2D eigenvalue weighted by atomic mass is 35.5. The van der Waals surface area contributed by atoms with Crippen molar-refractivity contribution in [3.63, 3.8) is 0 Å². The molecule has 0 spiro atoms. The van der Waals surface area contributed by atoms with Gasteiger partial charge in [-0.05, 0) is 38.3 Å². The molecule has 1 atom stereocenters. The number of hydrogen-bond donors (Lipinski definition) is 0. The van der Waals surface area contributed by atoms with Gasteiger partial charge in [-0.25, -0.2) is 19.4 Å². The maximum Gasteiger partial charge on any atom is 0.227 e. The Bertz CT molecular complexity index is 1180. The summed E-state index contributed by atoms with van der Waals surface area (Å²) in [5, 5.41) is 0.538. The summed E-state index contributed by atoms with van der Waals surface area (Å²) < 4.78 is 14.3. The fraction of sp³-hybridized carbons (Fsp3) is 0.500. The Labute approximate surface area is 235 Å². The van der Waals surface area contributed by atoms with Crippen LogP contribution in [0.5, 0.6) is 0 Å². The van der Waals surface area contributed by atoms with Crippen molar-refractivity contribution in [1.82, 2.24) is 14.7 Å². The summed E-state index contributed by atoms with van der Waals surface area (Å²) in [6.07, 6.45) is 10.4. The van der Waals surface area contributed by atoms with Gasteiger partial charge in [0.25, 0.3) is 0 Å². The molecule has 0 aromatic heterocycles. The van der Waals surface area contributed by atoms with E-state index in [1.807, 2.05) is 32.2 Å². The molecule has 4 heterocycles. The smallest absolute Gasteiger partial charge is 0.227 e. The largest absolute Gasteiger partial charge is 0.356 e. The maximum absolute atomic E-state index is 14.3. The first kappa shape index (κ1) is 28.3. The van der Waals surface area contributed by atoms with E-state index >= 15 is 0 Å². The topological polar surface area (TPSA) is 59.2 Å². The number of likely N-dealkylation sites (tertiary alicyclic amines) is 1. The van der Waals surface area contributed by atoms with Crippen molar-refractivity contribution < 1.29 is 4.39 Å². The number of rotatable bonds is 2. The number of hydrogen-bond acceptors (Lipinski definition) is 7. The van der Waals surface area contributed by atoms with Gasteiger partial charge >= 0.3 is 0 Å². The Balaban J connectivity index is 0.00000164. The first-order valence-corrected chi connectivity index (χ1v) is 14.3. The van der Waals surface area contributed by atoms with E-state index in [0.29, 0.717) is 35.6 Å². The average molecular weight is 561 g/mol. The SMILES string of the molecule is CC.CC1CCCCN1C1=NC(c2ccc(Cl)c(F)c2)=CCC(N2CCN(C3=C(Cl)N=CCC=N3)CC2)=N1. The number of guanidine groups is 1. The number of aliphatic imine (C=N–C) groups is 4. The van der Waals surface area contributed by atoms with E-state index in [0.717, 1.165) is 62.9 Å². The minimum absolute atomic E-state index is 0.107. The monoisotopic (exact) mass is 559 g/mol. The summed E-state index contributed by atoms with van der Waals surface area (Å²) in [6, 6.07) is 5.20. The number of halogens is 3. The van der Waals surface area contributed by atoms with Gasteiger partial charge in [-0.15, -0.1) is 0 Å². The fourth-order valence-electron chi connectivity index (χ4n) is 4.91. The standard InChI is InChI=1S/C26H30Cl2FN7.C2H6/c1-18-5-2-3-12-36(18)26-32-22(19-6-7-20(27)21(29)17-19)8-9-23(33-26)34-13-15-35(16-14-34)25-24(28)30-10-4-11-31-25;1-2/h6-8,10-11,17-18H,2-5,9,12-16H2,1H3;1-2H3. The predicted octanol–water partition coefficient (Wildman–Crippen LogP) is 6.41. The first-order valence-electron chi connectivity index (χ1n) is 13.5. The van der Waals surface area contributed by atoms with Crippen molar-refractivity contribution in [1.29, 1.82) is 0 Å². The van der Waals surface area contributed by atoms with Gasteiger partial charge < -0.3 is 14.7 Å². The van der Waals surface area contributed by atoms with Crippen molar-refractivity contribution in [2.24, 2.45) is 20.0 Å². The van der Waals surface area contributed by atoms with Crippen LogP contribution in [0.25, 0.3) is 5.70 Å². The molecule has 0 saturated carbocycles. The molecule has 4 aliphatic heterocycles. The van der Waals surface area contributed by atoms with Crippen LogP contribution < -0.4 is 0 Å². The van der Waals surface area contributed by atoms with E-state index < -0.39 is 5.82 Å². The van der Waals surface area contributed by atoms with Crippen LogP contribution in [0.3, 0.4) is 0 Å². The summed E-state index contributed by atoms with van der Waals surface area (Å²) in [5.74, 6) is 1.95. The molecule has 4 aliphatic rings. The molecule has 38 heavy (non-hydrogen) atoms. The lowest BCUT2D eigenvalue weighted by Gasteiger charge is -2.38. The first-order chi connectivity index (χ1) is 18.5. The molecule has 0 N–H and O–H groups in total. The average Bonchev–Trinajstić information content (AvgIpc) is 3.30. The van der Waals surface area contributed by atoms with E-state index in [1.54, 1.807) is 12.3 Å². The lowest BCUT2D eigenvalue weighted by Crippen LogP contribution is -2.49. The highest BCUT2D eigenvalue weighted by Gasteiger charge is 2.27.